The highest BCUT2D eigenvalue weighted by Gasteiger charge is 2.20. The lowest BCUT2D eigenvalue weighted by Gasteiger charge is -2.05. The third-order valence-corrected chi connectivity index (χ3v) is 2.56. The van der Waals surface area contributed by atoms with Gasteiger partial charge in [-0.15, -0.1) is 0 Å². The Morgan fingerprint density at radius 3 is 2.82 bits per heavy atom. The molecule has 0 saturated carbocycles. The minimum Gasteiger partial charge on any atom is -0.461 e. The second-order valence-electron chi connectivity index (χ2n) is 3.75. The maximum atomic E-state index is 13.6. The Morgan fingerprint density at radius 1 is 1.47 bits per heavy atom. The molecule has 0 aliphatic carbocycles. The van der Waals surface area contributed by atoms with Gasteiger partial charge in [-0.1, -0.05) is 0 Å². The fourth-order valence-corrected chi connectivity index (χ4v) is 1.81. The zero-order chi connectivity index (χ0) is 12.6. The topological polar surface area (TPSA) is 43.6 Å². The van der Waals surface area contributed by atoms with Gasteiger partial charge in [-0.05, 0) is 32.9 Å². The summed E-state index contributed by atoms with van der Waals surface area (Å²) in [6, 6.07) is 2.94. The zero-order valence-corrected chi connectivity index (χ0v) is 9.95. The molecule has 2 rings (SSSR count). The standard InChI is InChI=1S/C12H13FN2O2/c1-4-17-12(16)10-8(3)14-11-9(13)6-5-7(2)15(10)11/h5-6H,4H2,1-3H3. The number of hydrogen-bond donors (Lipinski definition) is 0. The van der Waals surface area contributed by atoms with Crippen molar-refractivity contribution in [2.24, 2.45) is 0 Å². The summed E-state index contributed by atoms with van der Waals surface area (Å²) in [7, 11) is 0. The Labute approximate surface area is 98.0 Å². The smallest absolute Gasteiger partial charge is 0.357 e. The molecule has 0 fully saturated rings. The normalized spacial score (nSPS) is 10.8. The van der Waals surface area contributed by atoms with Crippen LogP contribution in [0.25, 0.3) is 5.65 Å². The summed E-state index contributed by atoms with van der Waals surface area (Å²) >= 11 is 0. The summed E-state index contributed by atoms with van der Waals surface area (Å²) < 4.78 is 20.0. The van der Waals surface area contributed by atoms with Crippen molar-refractivity contribution in [1.29, 1.82) is 0 Å². The van der Waals surface area contributed by atoms with Gasteiger partial charge in [-0.25, -0.2) is 14.2 Å². The fourth-order valence-electron chi connectivity index (χ4n) is 1.81. The number of imidazole rings is 1. The molecule has 0 bridgehead atoms. The van der Waals surface area contributed by atoms with Gasteiger partial charge < -0.3 is 4.74 Å². The number of aromatic nitrogens is 2. The average Bonchev–Trinajstić information content (AvgIpc) is 2.63. The van der Waals surface area contributed by atoms with Crippen LogP contribution in [-0.2, 0) is 4.74 Å². The van der Waals surface area contributed by atoms with E-state index in [4.69, 9.17) is 4.74 Å². The molecule has 2 aromatic heterocycles. The SMILES string of the molecule is CCOC(=O)c1c(C)nc2c(F)ccc(C)n12. The molecular formula is C12H13FN2O2. The summed E-state index contributed by atoms with van der Waals surface area (Å²) in [6.07, 6.45) is 0. The molecule has 0 aliphatic rings. The van der Waals surface area contributed by atoms with E-state index in [9.17, 15) is 9.18 Å². The first-order valence-corrected chi connectivity index (χ1v) is 5.37. The van der Waals surface area contributed by atoms with Crippen molar-refractivity contribution in [2.75, 3.05) is 6.61 Å². The van der Waals surface area contributed by atoms with Crippen LogP contribution >= 0.6 is 0 Å². The number of ether oxygens (including phenoxy) is 1. The number of esters is 1. The van der Waals surface area contributed by atoms with Crippen LogP contribution in [0.4, 0.5) is 4.39 Å². The van der Waals surface area contributed by atoms with Gasteiger partial charge in [0.15, 0.2) is 17.2 Å². The molecule has 0 unspecified atom stereocenters. The van der Waals surface area contributed by atoms with Crippen LogP contribution in [0.2, 0.25) is 0 Å². The molecular weight excluding hydrogens is 223 g/mol. The number of hydrogen-bond acceptors (Lipinski definition) is 3. The molecule has 0 aliphatic heterocycles. The molecule has 2 aromatic rings. The first kappa shape index (κ1) is 11.6. The Balaban J connectivity index is 2.74. The number of carbonyl (C=O) groups excluding carboxylic acids is 1. The Hall–Kier alpha value is -1.91. The minimum atomic E-state index is -0.480. The van der Waals surface area contributed by atoms with E-state index in [-0.39, 0.29) is 12.3 Å². The highest BCUT2D eigenvalue weighted by Crippen LogP contribution is 2.18. The van der Waals surface area contributed by atoms with Gasteiger partial charge >= 0.3 is 5.97 Å². The number of carbonyl (C=O) groups is 1. The largest absolute Gasteiger partial charge is 0.461 e. The minimum absolute atomic E-state index is 0.158. The van der Waals surface area contributed by atoms with E-state index in [0.717, 1.165) is 5.69 Å². The van der Waals surface area contributed by atoms with E-state index >= 15 is 0 Å². The van der Waals surface area contributed by atoms with Crippen molar-refractivity contribution < 1.29 is 13.9 Å². The zero-order valence-electron chi connectivity index (χ0n) is 9.95. The number of rotatable bonds is 2. The summed E-state index contributed by atoms with van der Waals surface area (Å²) in [4.78, 5) is 15.9. The van der Waals surface area contributed by atoms with Crippen molar-refractivity contribution >= 4 is 11.6 Å². The van der Waals surface area contributed by atoms with Crippen LogP contribution in [0, 0.1) is 19.7 Å². The third-order valence-electron chi connectivity index (χ3n) is 2.56. The Kier molecular flexibility index (Phi) is 2.83. The first-order valence-electron chi connectivity index (χ1n) is 5.37. The van der Waals surface area contributed by atoms with E-state index < -0.39 is 11.8 Å². The monoisotopic (exact) mass is 236 g/mol. The summed E-state index contributed by atoms with van der Waals surface area (Å²) in [5.74, 6) is -0.930. The van der Waals surface area contributed by atoms with Crippen LogP contribution in [0.3, 0.4) is 0 Å². The molecule has 0 amide bonds. The lowest BCUT2D eigenvalue weighted by atomic mass is 10.3. The maximum Gasteiger partial charge on any atom is 0.357 e. The predicted molar refractivity (Wildman–Crippen MR) is 60.6 cm³/mol. The Bertz CT molecular complexity index is 590. The maximum absolute atomic E-state index is 13.6. The molecule has 0 radical (unpaired) electrons. The third kappa shape index (κ3) is 1.77. The highest BCUT2D eigenvalue weighted by atomic mass is 19.1. The number of halogens is 1. The molecule has 0 aromatic carbocycles. The van der Waals surface area contributed by atoms with E-state index in [1.54, 1.807) is 26.8 Å². The second-order valence-corrected chi connectivity index (χ2v) is 3.75. The van der Waals surface area contributed by atoms with Crippen molar-refractivity contribution in [3.63, 3.8) is 0 Å². The summed E-state index contributed by atoms with van der Waals surface area (Å²) in [6.45, 7) is 5.46. The molecule has 4 nitrogen and oxygen atoms in total. The summed E-state index contributed by atoms with van der Waals surface area (Å²) in [5, 5.41) is 0. The van der Waals surface area contributed by atoms with Gasteiger partial charge in [-0.2, -0.15) is 0 Å². The van der Waals surface area contributed by atoms with Gasteiger partial charge in [0.25, 0.3) is 0 Å². The number of pyridine rings is 1. The number of nitrogens with zero attached hydrogens (tertiary/aromatic N) is 2. The average molecular weight is 236 g/mol. The van der Waals surface area contributed by atoms with Crippen LogP contribution in [-0.4, -0.2) is 22.0 Å². The van der Waals surface area contributed by atoms with Crippen LogP contribution < -0.4 is 0 Å². The molecule has 0 spiro atoms. The molecule has 0 atom stereocenters. The number of fused-ring (bicyclic) bond motifs is 1. The molecule has 17 heavy (non-hydrogen) atoms. The van der Waals surface area contributed by atoms with Gasteiger partial charge in [0, 0.05) is 5.69 Å². The second kappa shape index (κ2) is 4.16. The van der Waals surface area contributed by atoms with Gasteiger partial charge in [0.2, 0.25) is 0 Å². The van der Waals surface area contributed by atoms with E-state index in [1.807, 2.05) is 0 Å². The first-order chi connectivity index (χ1) is 8.06. The van der Waals surface area contributed by atoms with Crippen LogP contribution in [0.5, 0.6) is 0 Å². The molecule has 0 N–H and O–H groups in total. The Morgan fingerprint density at radius 2 is 2.18 bits per heavy atom. The van der Waals surface area contributed by atoms with E-state index in [1.165, 1.54) is 10.5 Å². The molecule has 5 heteroatoms. The lowest BCUT2D eigenvalue weighted by Crippen LogP contribution is -2.11. The quantitative estimate of drug-likeness (QED) is 0.751. The number of aryl methyl sites for hydroxylation is 2. The van der Waals surface area contributed by atoms with Crippen molar-refractivity contribution in [1.82, 2.24) is 9.38 Å². The fraction of sp³-hybridized carbons (Fsp3) is 0.333. The molecule has 2 heterocycles. The molecule has 90 valence electrons. The van der Waals surface area contributed by atoms with Gasteiger partial charge in [0.05, 0.1) is 12.3 Å². The van der Waals surface area contributed by atoms with Gasteiger partial charge in [-0.3, -0.25) is 4.40 Å². The van der Waals surface area contributed by atoms with Gasteiger partial charge in [0.1, 0.15) is 0 Å². The van der Waals surface area contributed by atoms with Crippen LogP contribution in [0.15, 0.2) is 12.1 Å². The van der Waals surface area contributed by atoms with Crippen molar-refractivity contribution in [3.05, 3.63) is 35.0 Å². The molecule has 0 saturated heterocycles. The lowest BCUT2D eigenvalue weighted by molar-refractivity contribution is 0.0517. The van der Waals surface area contributed by atoms with E-state index in [2.05, 4.69) is 4.98 Å². The van der Waals surface area contributed by atoms with Crippen LogP contribution in [0.1, 0.15) is 28.8 Å². The predicted octanol–water partition coefficient (Wildman–Crippen LogP) is 2.27. The van der Waals surface area contributed by atoms with Crippen molar-refractivity contribution in [3.8, 4) is 0 Å². The highest BCUT2D eigenvalue weighted by molar-refractivity contribution is 5.90. The van der Waals surface area contributed by atoms with Crippen molar-refractivity contribution in [2.45, 2.75) is 20.8 Å². The van der Waals surface area contributed by atoms with E-state index in [0.29, 0.717) is 11.4 Å². The summed E-state index contributed by atoms with van der Waals surface area (Å²) in [5.41, 5.74) is 1.66.